The zero-order valence-corrected chi connectivity index (χ0v) is 9.15. The second-order valence-electron chi connectivity index (χ2n) is 2.79. The van der Waals surface area contributed by atoms with Gasteiger partial charge < -0.3 is 10.1 Å². The first kappa shape index (κ1) is 10.6. The minimum atomic E-state index is 0.126. The number of rotatable bonds is 5. The highest BCUT2D eigenvalue weighted by Gasteiger charge is 2.09. The zero-order valence-electron chi connectivity index (χ0n) is 8.33. The molecule has 4 heteroatoms. The lowest BCUT2D eigenvalue weighted by Gasteiger charge is -2.06. The molecule has 13 heavy (non-hydrogen) atoms. The Labute approximate surface area is 83.1 Å². The first-order valence-corrected chi connectivity index (χ1v) is 5.30. The maximum Gasteiger partial charge on any atom is 0.121 e. The van der Waals surface area contributed by atoms with E-state index in [2.05, 4.69) is 10.3 Å². The molecule has 0 bridgehead atoms. The standard InChI is InChI=1S/C9H16N2OS/c1-4-12-7(2)9-11-6-8(13-9)5-10-3/h6-7,10H,4-5H2,1-3H3. The van der Waals surface area contributed by atoms with Crippen LogP contribution in [0.25, 0.3) is 0 Å². The van der Waals surface area contributed by atoms with Crippen molar-refractivity contribution in [2.24, 2.45) is 0 Å². The van der Waals surface area contributed by atoms with Crippen LogP contribution in [0.5, 0.6) is 0 Å². The largest absolute Gasteiger partial charge is 0.372 e. The molecule has 0 aliphatic rings. The summed E-state index contributed by atoms with van der Waals surface area (Å²) in [6, 6.07) is 0. The minimum absolute atomic E-state index is 0.126. The quantitative estimate of drug-likeness (QED) is 0.789. The van der Waals surface area contributed by atoms with E-state index in [1.807, 2.05) is 27.1 Å². The highest BCUT2D eigenvalue weighted by atomic mass is 32.1. The Kier molecular flexibility index (Phi) is 4.35. The number of aromatic nitrogens is 1. The summed E-state index contributed by atoms with van der Waals surface area (Å²) < 4.78 is 5.45. The average molecular weight is 200 g/mol. The number of nitrogens with one attached hydrogen (secondary N) is 1. The summed E-state index contributed by atoms with van der Waals surface area (Å²) in [6.07, 6.45) is 2.03. The van der Waals surface area contributed by atoms with Crippen molar-refractivity contribution in [3.63, 3.8) is 0 Å². The lowest BCUT2D eigenvalue weighted by Crippen LogP contribution is -2.02. The van der Waals surface area contributed by atoms with E-state index in [-0.39, 0.29) is 6.10 Å². The summed E-state index contributed by atoms with van der Waals surface area (Å²) in [4.78, 5) is 5.56. The van der Waals surface area contributed by atoms with Crippen LogP contribution in [0.4, 0.5) is 0 Å². The summed E-state index contributed by atoms with van der Waals surface area (Å²) in [5, 5.41) is 4.16. The Bertz CT molecular complexity index is 250. The number of ether oxygens (including phenoxy) is 1. The molecule has 0 spiro atoms. The maximum absolute atomic E-state index is 5.45. The molecule has 0 saturated carbocycles. The van der Waals surface area contributed by atoms with Gasteiger partial charge in [0, 0.05) is 24.2 Å². The molecule has 1 heterocycles. The molecule has 0 aromatic carbocycles. The Morgan fingerprint density at radius 3 is 3.08 bits per heavy atom. The number of hydrogen-bond donors (Lipinski definition) is 1. The Balaban J connectivity index is 2.56. The van der Waals surface area contributed by atoms with Gasteiger partial charge in [-0.2, -0.15) is 0 Å². The predicted octanol–water partition coefficient (Wildman–Crippen LogP) is 1.96. The first-order chi connectivity index (χ1) is 6.27. The molecule has 0 amide bonds. The fourth-order valence-electron chi connectivity index (χ4n) is 1.09. The van der Waals surface area contributed by atoms with Gasteiger partial charge in [0.25, 0.3) is 0 Å². The van der Waals surface area contributed by atoms with Crippen molar-refractivity contribution in [3.05, 3.63) is 16.1 Å². The van der Waals surface area contributed by atoms with Crippen LogP contribution in [-0.2, 0) is 11.3 Å². The van der Waals surface area contributed by atoms with E-state index in [0.717, 1.165) is 18.2 Å². The van der Waals surface area contributed by atoms with E-state index in [4.69, 9.17) is 4.74 Å². The van der Waals surface area contributed by atoms with Gasteiger partial charge in [0.2, 0.25) is 0 Å². The van der Waals surface area contributed by atoms with Crippen molar-refractivity contribution in [2.45, 2.75) is 26.5 Å². The summed E-state index contributed by atoms with van der Waals surface area (Å²) in [7, 11) is 1.94. The summed E-state index contributed by atoms with van der Waals surface area (Å²) >= 11 is 1.71. The van der Waals surface area contributed by atoms with Crippen LogP contribution in [0, 0.1) is 0 Å². The Morgan fingerprint density at radius 1 is 1.69 bits per heavy atom. The molecule has 1 atom stereocenters. The van der Waals surface area contributed by atoms with Crippen LogP contribution in [-0.4, -0.2) is 18.6 Å². The van der Waals surface area contributed by atoms with Crippen molar-refractivity contribution < 1.29 is 4.74 Å². The average Bonchev–Trinajstić information content (AvgIpc) is 2.54. The monoisotopic (exact) mass is 200 g/mol. The lowest BCUT2D eigenvalue weighted by atomic mass is 10.4. The number of hydrogen-bond acceptors (Lipinski definition) is 4. The molecular weight excluding hydrogens is 184 g/mol. The van der Waals surface area contributed by atoms with Gasteiger partial charge in [-0.05, 0) is 20.9 Å². The second-order valence-corrected chi connectivity index (χ2v) is 3.94. The van der Waals surface area contributed by atoms with Crippen LogP contribution in [0.2, 0.25) is 0 Å². The van der Waals surface area contributed by atoms with Crippen molar-refractivity contribution in [1.29, 1.82) is 0 Å². The fourth-order valence-corrected chi connectivity index (χ4v) is 2.02. The SMILES string of the molecule is CCOC(C)c1ncc(CNC)s1. The molecule has 74 valence electrons. The van der Waals surface area contributed by atoms with Crippen molar-refractivity contribution >= 4 is 11.3 Å². The maximum atomic E-state index is 5.45. The smallest absolute Gasteiger partial charge is 0.121 e. The molecule has 0 aliphatic heterocycles. The van der Waals surface area contributed by atoms with Crippen LogP contribution in [0.3, 0.4) is 0 Å². The third kappa shape index (κ3) is 3.06. The third-order valence-corrected chi connectivity index (χ3v) is 2.85. The van der Waals surface area contributed by atoms with Crippen LogP contribution in [0.15, 0.2) is 6.20 Å². The van der Waals surface area contributed by atoms with Crippen molar-refractivity contribution in [2.75, 3.05) is 13.7 Å². The van der Waals surface area contributed by atoms with E-state index in [0.29, 0.717) is 0 Å². The van der Waals surface area contributed by atoms with Gasteiger partial charge in [0.15, 0.2) is 0 Å². The Morgan fingerprint density at radius 2 is 2.46 bits per heavy atom. The van der Waals surface area contributed by atoms with E-state index >= 15 is 0 Å². The fraction of sp³-hybridized carbons (Fsp3) is 0.667. The topological polar surface area (TPSA) is 34.1 Å². The molecule has 1 N–H and O–H groups in total. The molecule has 1 rings (SSSR count). The molecule has 3 nitrogen and oxygen atoms in total. The van der Waals surface area contributed by atoms with Crippen LogP contribution >= 0.6 is 11.3 Å². The van der Waals surface area contributed by atoms with Gasteiger partial charge in [0.05, 0.1) is 0 Å². The molecule has 0 radical (unpaired) electrons. The Hall–Kier alpha value is -0.450. The summed E-state index contributed by atoms with van der Waals surface area (Å²) in [5.41, 5.74) is 0. The van der Waals surface area contributed by atoms with Crippen LogP contribution < -0.4 is 5.32 Å². The van der Waals surface area contributed by atoms with Gasteiger partial charge in [0.1, 0.15) is 11.1 Å². The van der Waals surface area contributed by atoms with Crippen LogP contribution in [0.1, 0.15) is 29.8 Å². The van der Waals surface area contributed by atoms with E-state index < -0.39 is 0 Å². The molecule has 1 unspecified atom stereocenters. The van der Waals surface area contributed by atoms with Gasteiger partial charge in [-0.25, -0.2) is 4.98 Å². The van der Waals surface area contributed by atoms with E-state index in [9.17, 15) is 0 Å². The highest BCUT2D eigenvalue weighted by Crippen LogP contribution is 2.22. The van der Waals surface area contributed by atoms with Gasteiger partial charge >= 0.3 is 0 Å². The van der Waals surface area contributed by atoms with E-state index in [1.54, 1.807) is 11.3 Å². The molecule has 0 saturated heterocycles. The highest BCUT2D eigenvalue weighted by molar-refractivity contribution is 7.11. The number of thiazole rings is 1. The van der Waals surface area contributed by atoms with Gasteiger partial charge in [-0.3, -0.25) is 0 Å². The first-order valence-electron chi connectivity index (χ1n) is 4.48. The van der Waals surface area contributed by atoms with Crippen molar-refractivity contribution in [3.8, 4) is 0 Å². The summed E-state index contributed by atoms with van der Waals surface area (Å²) in [6.45, 7) is 5.66. The lowest BCUT2D eigenvalue weighted by molar-refractivity contribution is 0.0762. The predicted molar refractivity (Wildman–Crippen MR) is 54.9 cm³/mol. The molecule has 1 aromatic heterocycles. The second kappa shape index (κ2) is 5.32. The molecule has 1 aromatic rings. The normalized spacial score (nSPS) is 13.2. The third-order valence-electron chi connectivity index (χ3n) is 1.69. The van der Waals surface area contributed by atoms with Gasteiger partial charge in [-0.15, -0.1) is 11.3 Å². The molecular formula is C9H16N2OS. The zero-order chi connectivity index (χ0) is 9.68. The molecule has 0 aliphatic carbocycles. The number of nitrogens with zero attached hydrogens (tertiary/aromatic N) is 1. The van der Waals surface area contributed by atoms with Crippen molar-refractivity contribution in [1.82, 2.24) is 10.3 Å². The minimum Gasteiger partial charge on any atom is -0.372 e. The van der Waals surface area contributed by atoms with E-state index in [1.165, 1.54) is 4.88 Å². The molecule has 0 fully saturated rings. The van der Waals surface area contributed by atoms with Gasteiger partial charge in [-0.1, -0.05) is 0 Å². The summed E-state index contributed by atoms with van der Waals surface area (Å²) in [5.74, 6) is 0.